The van der Waals surface area contributed by atoms with Crippen molar-refractivity contribution in [3.63, 3.8) is 0 Å². The summed E-state index contributed by atoms with van der Waals surface area (Å²) in [6, 6.07) is 0. The smallest absolute Gasteiger partial charge is 0.147 e. The quantitative estimate of drug-likeness (QED) is 0.221. The molecule has 1 aliphatic carbocycles. The zero-order chi connectivity index (χ0) is 22.2. The van der Waals surface area contributed by atoms with Gasteiger partial charge in [0.25, 0.3) is 0 Å². The first-order valence-electron chi connectivity index (χ1n) is 12.0. The highest BCUT2D eigenvalue weighted by atomic mass is 16.7. The molecule has 0 aromatic heterocycles. The fourth-order valence-electron chi connectivity index (χ4n) is 4.15. The van der Waals surface area contributed by atoms with Gasteiger partial charge in [0.15, 0.2) is 0 Å². The molecule has 2 radical (unpaired) electrons. The predicted molar refractivity (Wildman–Crippen MR) is 125 cm³/mol. The highest BCUT2D eigenvalue weighted by Gasteiger charge is 2.26. The van der Waals surface area contributed by atoms with E-state index in [-0.39, 0.29) is 6.10 Å². The van der Waals surface area contributed by atoms with Crippen molar-refractivity contribution >= 4 is 13.6 Å². The first kappa shape index (κ1) is 26.3. The van der Waals surface area contributed by atoms with Crippen LogP contribution in [-0.4, -0.2) is 73.1 Å². The van der Waals surface area contributed by atoms with Crippen LogP contribution >= 0.6 is 0 Å². The molecular weight excluding hydrogens is 393 g/mol. The van der Waals surface area contributed by atoms with Crippen LogP contribution in [0.4, 0.5) is 0 Å². The van der Waals surface area contributed by atoms with E-state index >= 15 is 0 Å². The third-order valence-electron chi connectivity index (χ3n) is 6.01. The topological polar surface area (TPSA) is 73.3 Å². The van der Waals surface area contributed by atoms with Crippen LogP contribution in [0.5, 0.6) is 0 Å². The lowest BCUT2D eigenvalue weighted by molar-refractivity contribution is -0.104. The molecule has 2 unspecified atom stereocenters. The Morgan fingerprint density at radius 1 is 1.00 bits per heavy atom. The molecule has 0 saturated heterocycles. The first-order valence-corrected chi connectivity index (χ1v) is 12.0. The maximum Gasteiger partial charge on any atom is 0.147 e. The van der Waals surface area contributed by atoms with Crippen molar-refractivity contribution in [2.45, 2.75) is 70.8 Å². The minimum atomic E-state index is 0.222. The Balaban J connectivity index is 1.41. The summed E-state index contributed by atoms with van der Waals surface area (Å²) in [7, 11) is 7.88. The van der Waals surface area contributed by atoms with Crippen molar-refractivity contribution in [3.8, 4) is 0 Å². The van der Waals surface area contributed by atoms with Crippen molar-refractivity contribution < 1.29 is 18.9 Å². The Bertz CT molecular complexity index is 545. The predicted octanol–water partition coefficient (Wildman–Crippen LogP) is 3.10. The molecule has 1 fully saturated rings. The molecule has 0 aromatic carbocycles. The molecule has 2 atom stereocenters. The van der Waals surface area contributed by atoms with Crippen molar-refractivity contribution in [1.82, 2.24) is 10.7 Å². The van der Waals surface area contributed by atoms with Gasteiger partial charge >= 0.3 is 0 Å². The van der Waals surface area contributed by atoms with Gasteiger partial charge in [0.05, 0.1) is 25.9 Å². The highest BCUT2D eigenvalue weighted by Crippen LogP contribution is 2.32. The van der Waals surface area contributed by atoms with Gasteiger partial charge in [-0.3, -0.25) is 5.43 Å². The number of hydrazone groups is 1. The van der Waals surface area contributed by atoms with Crippen molar-refractivity contribution in [2.75, 3.05) is 53.4 Å². The second-order valence-corrected chi connectivity index (χ2v) is 8.41. The van der Waals surface area contributed by atoms with E-state index in [9.17, 15) is 0 Å². The second kappa shape index (κ2) is 16.7. The van der Waals surface area contributed by atoms with Gasteiger partial charge in [0, 0.05) is 31.9 Å². The number of methoxy groups -OCH3 is 1. The number of fused-ring (bicyclic) bond motifs is 1. The number of unbranched alkanes of at least 4 members (excludes halogenated alkanes) is 3. The molecule has 0 aromatic rings. The summed E-state index contributed by atoms with van der Waals surface area (Å²) < 4.78 is 22.2. The van der Waals surface area contributed by atoms with E-state index in [0.717, 1.165) is 69.5 Å². The van der Waals surface area contributed by atoms with Gasteiger partial charge in [0.2, 0.25) is 0 Å². The molecule has 1 aliphatic heterocycles. The molecule has 0 bridgehead atoms. The summed E-state index contributed by atoms with van der Waals surface area (Å²) in [6.45, 7) is 7.09. The molecule has 1 saturated carbocycles. The van der Waals surface area contributed by atoms with E-state index in [4.69, 9.17) is 26.8 Å². The molecule has 8 heteroatoms. The molecule has 1 heterocycles. The normalized spacial score (nSPS) is 21.8. The van der Waals surface area contributed by atoms with E-state index in [0.29, 0.717) is 32.5 Å². The highest BCUT2D eigenvalue weighted by molar-refractivity contribution is 6.22. The zero-order valence-corrected chi connectivity index (χ0v) is 19.6. The Morgan fingerprint density at radius 3 is 2.71 bits per heavy atom. The average molecular weight is 435 g/mol. The van der Waals surface area contributed by atoms with Crippen LogP contribution in [-0.2, 0) is 18.9 Å². The third-order valence-corrected chi connectivity index (χ3v) is 6.01. The molecule has 31 heavy (non-hydrogen) atoms. The number of hydrogen-bond acceptors (Lipinski definition) is 7. The molecule has 2 rings (SSSR count). The van der Waals surface area contributed by atoms with Crippen LogP contribution in [0.1, 0.15) is 64.7 Å². The molecule has 0 spiro atoms. The van der Waals surface area contributed by atoms with Crippen LogP contribution in [0, 0.1) is 5.92 Å². The Kier molecular flexibility index (Phi) is 14.2. The summed E-state index contributed by atoms with van der Waals surface area (Å²) in [4.78, 5) is 0. The number of hydrogen-bond donors (Lipinski definition) is 2. The fraction of sp³-hybridized carbons (Fsp3) is 0.870. The van der Waals surface area contributed by atoms with Gasteiger partial charge in [-0.15, -0.1) is 0 Å². The molecule has 7 nitrogen and oxygen atoms in total. The number of ether oxygens (including phenoxy) is 4. The number of rotatable bonds is 16. The number of nitrogens with one attached hydrogen (secondary N) is 2. The van der Waals surface area contributed by atoms with E-state index in [1.54, 1.807) is 7.11 Å². The number of allylic oxidation sites excluding steroid dienone is 1. The number of nitrogens with zero attached hydrogens (tertiary/aromatic N) is 1. The van der Waals surface area contributed by atoms with E-state index in [1.165, 1.54) is 24.8 Å². The van der Waals surface area contributed by atoms with E-state index < -0.39 is 0 Å². The summed E-state index contributed by atoms with van der Waals surface area (Å²) in [5.41, 5.74) is 6.10. The monoisotopic (exact) mass is 435 g/mol. The SMILES string of the molecule is [B]C1=C2CCC(OCOCCOCCNCCCCCCOC)CCCC2C(C)=NN1. The lowest BCUT2D eigenvalue weighted by Gasteiger charge is -2.31. The van der Waals surface area contributed by atoms with Crippen molar-refractivity contribution in [1.29, 1.82) is 0 Å². The van der Waals surface area contributed by atoms with Crippen LogP contribution in [0.15, 0.2) is 16.3 Å². The van der Waals surface area contributed by atoms with Crippen molar-refractivity contribution in [3.05, 3.63) is 11.2 Å². The van der Waals surface area contributed by atoms with Crippen LogP contribution in [0.2, 0.25) is 0 Å². The van der Waals surface area contributed by atoms with Gasteiger partial charge < -0.3 is 24.3 Å². The average Bonchev–Trinajstić information content (AvgIpc) is 2.75. The molecular formula is C23H42BN3O4. The molecule has 0 amide bonds. The Hall–Kier alpha value is -0.925. The second-order valence-electron chi connectivity index (χ2n) is 8.41. The Labute approximate surface area is 190 Å². The summed E-state index contributed by atoms with van der Waals surface area (Å²) in [5, 5.41) is 7.73. The van der Waals surface area contributed by atoms with Crippen LogP contribution in [0.25, 0.3) is 0 Å². The minimum absolute atomic E-state index is 0.222. The van der Waals surface area contributed by atoms with Crippen molar-refractivity contribution in [2.24, 2.45) is 11.0 Å². The van der Waals surface area contributed by atoms with E-state index in [2.05, 4.69) is 22.8 Å². The zero-order valence-electron chi connectivity index (χ0n) is 19.6. The van der Waals surface area contributed by atoms with Gasteiger partial charge in [-0.2, -0.15) is 5.10 Å². The van der Waals surface area contributed by atoms with Gasteiger partial charge in [-0.1, -0.05) is 18.4 Å². The maximum absolute atomic E-state index is 6.13. The van der Waals surface area contributed by atoms with E-state index in [1.807, 2.05) is 0 Å². The molecule has 2 N–H and O–H groups in total. The summed E-state index contributed by atoms with van der Waals surface area (Å²) >= 11 is 0. The van der Waals surface area contributed by atoms with Crippen LogP contribution in [0.3, 0.4) is 0 Å². The largest absolute Gasteiger partial charge is 0.385 e. The summed E-state index contributed by atoms with van der Waals surface area (Å²) in [6.07, 6.45) is 10.3. The first-order chi connectivity index (χ1) is 15.2. The third kappa shape index (κ3) is 11.0. The summed E-state index contributed by atoms with van der Waals surface area (Å²) in [5.74, 6) is 0.394. The van der Waals surface area contributed by atoms with Gasteiger partial charge in [-0.25, -0.2) is 0 Å². The standard InChI is InChI=1S/C23H42BN3O4/c1-19-21-9-7-8-20(10-11-22(21)23(24)27-26-19)31-18-30-17-16-29-15-13-25-12-5-3-4-6-14-28-2/h20-21,25,27H,3-18H2,1-2H3. The fourth-order valence-corrected chi connectivity index (χ4v) is 4.15. The minimum Gasteiger partial charge on any atom is -0.385 e. The lowest BCUT2D eigenvalue weighted by Crippen LogP contribution is -2.30. The van der Waals surface area contributed by atoms with Gasteiger partial charge in [0.1, 0.15) is 14.6 Å². The Morgan fingerprint density at radius 2 is 1.84 bits per heavy atom. The molecule has 2 aliphatic rings. The van der Waals surface area contributed by atoms with Crippen LogP contribution < -0.4 is 10.7 Å². The lowest BCUT2D eigenvalue weighted by atomic mass is 9.78. The molecule has 176 valence electrons. The maximum atomic E-state index is 6.13. The van der Waals surface area contributed by atoms with Gasteiger partial charge in [-0.05, 0) is 64.0 Å².